The molecule has 0 radical (unpaired) electrons. The number of urea groups is 1. The Hall–Kier alpha value is -2.59. The van der Waals surface area contributed by atoms with Gasteiger partial charge in [-0.25, -0.2) is 9.69 Å². The van der Waals surface area contributed by atoms with Gasteiger partial charge in [0.1, 0.15) is 5.54 Å². The minimum atomic E-state index is -1.06. The second kappa shape index (κ2) is 6.78. The third kappa shape index (κ3) is 2.67. The predicted octanol–water partition coefficient (Wildman–Crippen LogP) is 3.39. The highest BCUT2D eigenvalue weighted by molar-refractivity contribution is 6.35. The van der Waals surface area contributed by atoms with Gasteiger partial charge in [0.05, 0.1) is 17.3 Å². The van der Waals surface area contributed by atoms with Crippen molar-refractivity contribution in [3.05, 3.63) is 63.6 Å². The first kappa shape index (κ1) is 18.8. The Morgan fingerprint density at radius 3 is 2.39 bits per heavy atom. The smallest absolute Gasteiger partial charge is 0.313 e. The molecular weight excluding hydrogens is 399 g/mol. The lowest BCUT2D eigenvalue weighted by molar-refractivity contribution is -0.124. The summed E-state index contributed by atoms with van der Waals surface area (Å²) in [6.07, 6.45) is 0. The highest BCUT2D eigenvalue weighted by Crippen LogP contribution is 2.44. The number of benzene rings is 2. The first-order chi connectivity index (χ1) is 13.4. The summed E-state index contributed by atoms with van der Waals surface area (Å²) in [6.45, 7) is 0.878. The van der Waals surface area contributed by atoms with Gasteiger partial charge in [0.2, 0.25) is 0 Å². The molecule has 0 aromatic heterocycles. The molecule has 0 saturated carbocycles. The van der Waals surface area contributed by atoms with Crippen molar-refractivity contribution in [2.24, 2.45) is 0 Å². The lowest BCUT2D eigenvalue weighted by Gasteiger charge is -2.33. The van der Waals surface area contributed by atoms with Gasteiger partial charge in [-0.05, 0) is 35.9 Å². The Kier molecular flexibility index (Phi) is 4.54. The number of rotatable bonds is 2. The van der Waals surface area contributed by atoms with Crippen molar-refractivity contribution in [2.45, 2.75) is 11.5 Å². The molecule has 1 N–H and O–H groups in total. The van der Waals surface area contributed by atoms with Crippen LogP contribution in [0.3, 0.4) is 0 Å². The number of nitrogens with zero attached hydrogens (tertiary/aromatic N) is 3. The number of anilines is 1. The maximum absolute atomic E-state index is 13.6. The molecule has 2 aliphatic heterocycles. The van der Waals surface area contributed by atoms with Crippen LogP contribution in [0.5, 0.6) is 0 Å². The summed E-state index contributed by atoms with van der Waals surface area (Å²) >= 11 is 12.2. The standard InChI is InChI=1S/C20H16Cl2N4O2/c1-25-19(28)26(16-7-14(21)6-15(22)8-16)18(27)20(25)11-24-10-17(20)13-4-2-12(9-23)3-5-13/h2-8,17,24H,10-11H2,1H3/t17-,20-/m1/s1. The van der Waals surface area contributed by atoms with Gasteiger partial charge in [-0.2, -0.15) is 5.26 Å². The molecule has 2 aromatic rings. The molecule has 2 heterocycles. The summed E-state index contributed by atoms with van der Waals surface area (Å²) in [7, 11) is 1.63. The van der Waals surface area contributed by atoms with Crippen LogP contribution in [0.1, 0.15) is 17.0 Å². The zero-order valence-corrected chi connectivity index (χ0v) is 16.5. The Morgan fingerprint density at radius 2 is 1.79 bits per heavy atom. The topological polar surface area (TPSA) is 76.4 Å². The fourth-order valence-electron chi connectivity index (χ4n) is 4.10. The lowest BCUT2D eigenvalue weighted by atomic mass is 9.80. The maximum atomic E-state index is 13.6. The van der Waals surface area contributed by atoms with E-state index < -0.39 is 11.6 Å². The molecule has 2 atom stereocenters. The average molecular weight is 415 g/mol. The summed E-state index contributed by atoms with van der Waals surface area (Å²) in [6, 6.07) is 13.4. The van der Waals surface area contributed by atoms with E-state index in [1.165, 1.54) is 4.90 Å². The molecule has 2 fully saturated rings. The molecule has 6 nitrogen and oxygen atoms in total. The minimum absolute atomic E-state index is 0.249. The minimum Gasteiger partial charge on any atom is -0.313 e. The molecule has 2 aliphatic rings. The van der Waals surface area contributed by atoms with Crippen LogP contribution in [-0.2, 0) is 4.79 Å². The summed E-state index contributed by atoms with van der Waals surface area (Å²) in [4.78, 5) is 29.2. The fraction of sp³-hybridized carbons (Fsp3) is 0.250. The molecule has 4 rings (SSSR count). The Bertz CT molecular complexity index is 998. The number of nitrogens with one attached hydrogen (secondary N) is 1. The predicted molar refractivity (Wildman–Crippen MR) is 107 cm³/mol. The van der Waals surface area contributed by atoms with Crippen LogP contribution in [0.25, 0.3) is 0 Å². The van der Waals surface area contributed by atoms with Crippen LogP contribution in [-0.4, -0.2) is 42.5 Å². The zero-order chi connectivity index (χ0) is 20.1. The quantitative estimate of drug-likeness (QED) is 0.763. The van der Waals surface area contributed by atoms with Crippen molar-refractivity contribution in [1.82, 2.24) is 10.2 Å². The van der Waals surface area contributed by atoms with Gasteiger partial charge >= 0.3 is 6.03 Å². The van der Waals surface area contributed by atoms with E-state index in [0.29, 0.717) is 34.4 Å². The normalized spacial score (nSPS) is 24.3. The first-order valence-electron chi connectivity index (χ1n) is 8.67. The Morgan fingerprint density at radius 1 is 1.14 bits per heavy atom. The van der Waals surface area contributed by atoms with Gasteiger partial charge in [0.25, 0.3) is 5.91 Å². The second-order valence-electron chi connectivity index (χ2n) is 6.95. The Balaban J connectivity index is 1.78. The van der Waals surface area contributed by atoms with Crippen molar-refractivity contribution in [2.75, 3.05) is 25.0 Å². The maximum Gasteiger partial charge on any atom is 0.332 e. The molecule has 0 aliphatic carbocycles. The molecule has 0 bridgehead atoms. The van der Waals surface area contributed by atoms with Gasteiger partial charge in [0, 0.05) is 36.1 Å². The number of imide groups is 1. The van der Waals surface area contributed by atoms with Gasteiger partial charge in [-0.1, -0.05) is 35.3 Å². The van der Waals surface area contributed by atoms with Crippen LogP contribution < -0.4 is 10.2 Å². The highest BCUT2D eigenvalue weighted by Gasteiger charge is 2.62. The van der Waals surface area contributed by atoms with E-state index in [1.54, 1.807) is 37.4 Å². The lowest BCUT2D eigenvalue weighted by Crippen LogP contribution is -2.53. The van der Waals surface area contributed by atoms with Crippen molar-refractivity contribution in [1.29, 1.82) is 5.26 Å². The summed E-state index contributed by atoms with van der Waals surface area (Å²) in [5.74, 6) is -0.570. The van der Waals surface area contributed by atoms with E-state index >= 15 is 0 Å². The number of carbonyl (C=O) groups excluding carboxylic acids is 2. The third-order valence-corrected chi connectivity index (χ3v) is 5.95. The van der Waals surface area contributed by atoms with Crippen molar-refractivity contribution >= 4 is 40.8 Å². The first-order valence-corrected chi connectivity index (χ1v) is 9.43. The molecule has 142 valence electrons. The number of hydrogen-bond acceptors (Lipinski definition) is 4. The van der Waals surface area contributed by atoms with Crippen LogP contribution in [0.4, 0.5) is 10.5 Å². The van der Waals surface area contributed by atoms with E-state index in [-0.39, 0.29) is 11.8 Å². The van der Waals surface area contributed by atoms with Gasteiger partial charge in [-0.3, -0.25) is 4.79 Å². The van der Waals surface area contributed by atoms with E-state index in [4.69, 9.17) is 28.5 Å². The van der Waals surface area contributed by atoms with Crippen molar-refractivity contribution < 1.29 is 9.59 Å². The van der Waals surface area contributed by atoms with E-state index in [9.17, 15) is 9.59 Å². The third-order valence-electron chi connectivity index (χ3n) is 5.52. The van der Waals surface area contributed by atoms with E-state index in [2.05, 4.69) is 11.4 Å². The molecular formula is C20H16Cl2N4O2. The van der Waals surface area contributed by atoms with Crippen LogP contribution in [0, 0.1) is 11.3 Å². The number of nitriles is 1. The van der Waals surface area contributed by atoms with Gasteiger partial charge in [-0.15, -0.1) is 0 Å². The van der Waals surface area contributed by atoms with Crippen LogP contribution in [0.2, 0.25) is 10.0 Å². The highest BCUT2D eigenvalue weighted by atomic mass is 35.5. The summed E-state index contributed by atoms with van der Waals surface area (Å²) < 4.78 is 0. The van der Waals surface area contributed by atoms with Crippen LogP contribution in [0.15, 0.2) is 42.5 Å². The molecule has 28 heavy (non-hydrogen) atoms. The SMILES string of the molecule is CN1C(=O)N(c2cc(Cl)cc(Cl)c2)C(=O)[C@]12CNC[C@@H]2c1ccc(C#N)cc1. The van der Waals surface area contributed by atoms with Crippen LogP contribution >= 0.6 is 23.2 Å². The molecule has 2 aromatic carbocycles. The molecule has 0 unspecified atom stereocenters. The van der Waals surface area contributed by atoms with Crippen molar-refractivity contribution in [3.63, 3.8) is 0 Å². The molecule has 3 amide bonds. The zero-order valence-electron chi connectivity index (χ0n) is 14.9. The van der Waals surface area contributed by atoms with Gasteiger partial charge in [0.15, 0.2) is 0 Å². The van der Waals surface area contributed by atoms with Crippen molar-refractivity contribution in [3.8, 4) is 6.07 Å². The number of carbonyl (C=O) groups is 2. The second-order valence-corrected chi connectivity index (χ2v) is 7.82. The van der Waals surface area contributed by atoms with Gasteiger partial charge < -0.3 is 10.2 Å². The number of likely N-dealkylation sites (N-methyl/N-ethyl adjacent to an activating group) is 1. The molecule has 2 saturated heterocycles. The fourth-order valence-corrected chi connectivity index (χ4v) is 4.61. The summed E-state index contributed by atoms with van der Waals surface area (Å²) in [5.41, 5.74) is 0.728. The molecule has 1 spiro atoms. The number of amides is 3. The monoisotopic (exact) mass is 414 g/mol. The summed E-state index contributed by atoms with van der Waals surface area (Å²) in [5, 5.41) is 13.0. The Labute approximate surface area is 172 Å². The number of halogens is 2. The van der Waals surface area contributed by atoms with E-state index in [0.717, 1.165) is 10.5 Å². The largest absolute Gasteiger partial charge is 0.332 e. The van der Waals surface area contributed by atoms with E-state index in [1.807, 2.05) is 12.1 Å². The molecule has 8 heteroatoms. The number of hydrogen-bond donors (Lipinski definition) is 1. The average Bonchev–Trinajstić information content (AvgIpc) is 3.19.